The van der Waals surface area contributed by atoms with Crippen LogP contribution in [0.4, 0.5) is 5.69 Å². The van der Waals surface area contributed by atoms with Crippen LogP contribution >= 0.6 is 0 Å². The molecule has 138 valence electrons. The summed E-state index contributed by atoms with van der Waals surface area (Å²) in [5.74, 6) is 2.07. The van der Waals surface area contributed by atoms with Crippen molar-refractivity contribution < 1.29 is 4.79 Å². The van der Waals surface area contributed by atoms with Gasteiger partial charge in [0.05, 0.1) is 0 Å². The number of nitrogens with zero attached hydrogens (tertiary/aromatic N) is 3. The molecule has 1 aromatic carbocycles. The molecule has 0 bridgehead atoms. The van der Waals surface area contributed by atoms with E-state index in [2.05, 4.69) is 20.1 Å². The molecule has 2 unspecified atom stereocenters. The summed E-state index contributed by atoms with van der Waals surface area (Å²) in [5, 5.41) is 11.9. The number of carbonyl (C=O) groups is 1. The lowest BCUT2D eigenvalue weighted by Crippen LogP contribution is -2.34. The first-order valence-electron chi connectivity index (χ1n) is 9.79. The molecule has 0 spiro atoms. The summed E-state index contributed by atoms with van der Waals surface area (Å²) in [7, 11) is 0. The molecule has 3 N–H and O–H groups in total. The number of benzene rings is 1. The Kier molecular flexibility index (Phi) is 5.02. The van der Waals surface area contributed by atoms with Gasteiger partial charge >= 0.3 is 0 Å². The standard InChI is InChI=1S/C20H27N5O/c21-16-8-4-7-15(12-16)20(26)22-17-9-5-6-14(13-17)19-24-23-18-10-2-1-3-11-25(18)19/h5-6,9,13,15-16H,1-4,7-8,10-12,21H2,(H,22,26). The third-order valence-corrected chi connectivity index (χ3v) is 5.58. The summed E-state index contributed by atoms with van der Waals surface area (Å²) in [4.78, 5) is 12.6. The fourth-order valence-electron chi connectivity index (χ4n) is 4.14. The van der Waals surface area contributed by atoms with E-state index in [0.717, 1.165) is 68.0 Å². The van der Waals surface area contributed by atoms with Gasteiger partial charge in [-0.3, -0.25) is 4.79 Å². The lowest BCUT2D eigenvalue weighted by atomic mass is 9.85. The Morgan fingerprint density at radius 3 is 2.96 bits per heavy atom. The number of hydrogen-bond acceptors (Lipinski definition) is 4. The van der Waals surface area contributed by atoms with Crippen molar-refractivity contribution in [3.63, 3.8) is 0 Å². The van der Waals surface area contributed by atoms with Crippen molar-refractivity contribution in [3.8, 4) is 11.4 Å². The van der Waals surface area contributed by atoms with Crippen LogP contribution in [-0.2, 0) is 17.8 Å². The van der Waals surface area contributed by atoms with E-state index in [9.17, 15) is 4.79 Å². The minimum Gasteiger partial charge on any atom is -0.328 e. The van der Waals surface area contributed by atoms with Gasteiger partial charge in [-0.05, 0) is 44.2 Å². The molecule has 1 fully saturated rings. The van der Waals surface area contributed by atoms with Crippen LogP contribution in [0.1, 0.15) is 50.8 Å². The monoisotopic (exact) mass is 353 g/mol. The fraction of sp³-hybridized carbons (Fsp3) is 0.550. The van der Waals surface area contributed by atoms with Crippen LogP contribution in [0.3, 0.4) is 0 Å². The highest BCUT2D eigenvalue weighted by atomic mass is 16.1. The summed E-state index contributed by atoms with van der Waals surface area (Å²) >= 11 is 0. The average molecular weight is 353 g/mol. The lowest BCUT2D eigenvalue weighted by molar-refractivity contribution is -0.120. The Balaban J connectivity index is 1.52. The number of rotatable bonds is 3. The molecule has 0 radical (unpaired) electrons. The summed E-state index contributed by atoms with van der Waals surface area (Å²) in [6.07, 6.45) is 8.34. The first kappa shape index (κ1) is 17.2. The van der Waals surface area contributed by atoms with Gasteiger partial charge in [-0.1, -0.05) is 25.0 Å². The molecule has 2 atom stereocenters. The first-order chi connectivity index (χ1) is 12.7. The second kappa shape index (κ2) is 7.58. The van der Waals surface area contributed by atoms with Gasteiger partial charge in [0, 0.05) is 36.2 Å². The topological polar surface area (TPSA) is 85.8 Å². The van der Waals surface area contributed by atoms with E-state index < -0.39 is 0 Å². The van der Waals surface area contributed by atoms with Crippen LogP contribution in [0.15, 0.2) is 24.3 Å². The number of amides is 1. The molecule has 2 heterocycles. The molecule has 6 nitrogen and oxygen atoms in total. The molecule has 6 heteroatoms. The zero-order valence-corrected chi connectivity index (χ0v) is 15.2. The molecule has 4 rings (SSSR count). The van der Waals surface area contributed by atoms with Gasteiger partial charge in [0.1, 0.15) is 5.82 Å². The largest absolute Gasteiger partial charge is 0.328 e. The number of fused-ring (bicyclic) bond motifs is 1. The van der Waals surface area contributed by atoms with Gasteiger partial charge in [0.25, 0.3) is 0 Å². The van der Waals surface area contributed by atoms with E-state index in [1.165, 1.54) is 12.8 Å². The molecule has 0 saturated heterocycles. The summed E-state index contributed by atoms with van der Waals surface area (Å²) in [6, 6.07) is 8.09. The number of aromatic nitrogens is 3. The second-order valence-electron chi connectivity index (χ2n) is 7.60. The zero-order valence-electron chi connectivity index (χ0n) is 15.2. The van der Waals surface area contributed by atoms with Gasteiger partial charge in [-0.2, -0.15) is 0 Å². The minimum absolute atomic E-state index is 0.0202. The van der Waals surface area contributed by atoms with Crippen LogP contribution in [0, 0.1) is 5.92 Å². The van der Waals surface area contributed by atoms with Crippen molar-refractivity contribution >= 4 is 11.6 Å². The molecule has 1 aliphatic heterocycles. The second-order valence-corrected chi connectivity index (χ2v) is 7.60. The van der Waals surface area contributed by atoms with Crippen molar-refractivity contribution in [1.29, 1.82) is 0 Å². The molecule has 1 amide bonds. The molecule has 1 aromatic heterocycles. The minimum atomic E-state index is 0.0202. The smallest absolute Gasteiger partial charge is 0.227 e. The number of carbonyl (C=O) groups excluding carboxylic acids is 1. The molecule has 2 aromatic rings. The van der Waals surface area contributed by atoms with E-state index in [-0.39, 0.29) is 17.9 Å². The normalized spacial score (nSPS) is 23.1. The zero-order chi connectivity index (χ0) is 17.9. The number of anilines is 1. The van der Waals surface area contributed by atoms with E-state index >= 15 is 0 Å². The van der Waals surface area contributed by atoms with Crippen LogP contribution < -0.4 is 11.1 Å². The van der Waals surface area contributed by atoms with Gasteiger partial charge in [-0.15, -0.1) is 10.2 Å². The summed E-state index contributed by atoms with van der Waals surface area (Å²) in [5.41, 5.74) is 7.84. The quantitative estimate of drug-likeness (QED) is 0.888. The Morgan fingerprint density at radius 2 is 2.08 bits per heavy atom. The third kappa shape index (κ3) is 3.65. The average Bonchev–Trinajstić information content (AvgIpc) is 2.90. The Bertz CT molecular complexity index is 784. The molecular weight excluding hydrogens is 326 g/mol. The third-order valence-electron chi connectivity index (χ3n) is 5.58. The van der Waals surface area contributed by atoms with Gasteiger partial charge < -0.3 is 15.6 Å². The summed E-state index contributed by atoms with van der Waals surface area (Å²) in [6.45, 7) is 0.966. The fourth-order valence-corrected chi connectivity index (χ4v) is 4.14. The van der Waals surface area contributed by atoms with E-state index in [4.69, 9.17) is 5.73 Å². The Hall–Kier alpha value is -2.21. The molecule has 26 heavy (non-hydrogen) atoms. The van der Waals surface area contributed by atoms with Crippen LogP contribution in [-0.4, -0.2) is 26.7 Å². The Morgan fingerprint density at radius 1 is 1.15 bits per heavy atom. The van der Waals surface area contributed by atoms with Crippen LogP contribution in [0.5, 0.6) is 0 Å². The van der Waals surface area contributed by atoms with Crippen molar-refractivity contribution in [2.45, 2.75) is 64.0 Å². The van der Waals surface area contributed by atoms with Crippen molar-refractivity contribution in [1.82, 2.24) is 14.8 Å². The van der Waals surface area contributed by atoms with Crippen molar-refractivity contribution in [2.24, 2.45) is 11.7 Å². The summed E-state index contributed by atoms with van der Waals surface area (Å²) < 4.78 is 2.23. The molecular formula is C20H27N5O. The number of aryl methyl sites for hydroxylation is 1. The molecule has 2 aliphatic rings. The maximum Gasteiger partial charge on any atom is 0.227 e. The van der Waals surface area contributed by atoms with E-state index in [1.807, 2.05) is 24.3 Å². The van der Waals surface area contributed by atoms with E-state index in [0.29, 0.717) is 0 Å². The highest BCUT2D eigenvalue weighted by molar-refractivity contribution is 5.93. The van der Waals surface area contributed by atoms with Gasteiger partial charge in [0.15, 0.2) is 5.82 Å². The maximum absolute atomic E-state index is 12.6. The number of nitrogens with one attached hydrogen (secondary N) is 1. The van der Waals surface area contributed by atoms with E-state index in [1.54, 1.807) is 0 Å². The number of hydrogen-bond donors (Lipinski definition) is 2. The van der Waals surface area contributed by atoms with Gasteiger partial charge in [-0.25, -0.2) is 0 Å². The molecule has 1 saturated carbocycles. The first-order valence-corrected chi connectivity index (χ1v) is 9.79. The maximum atomic E-state index is 12.6. The highest BCUT2D eigenvalue weighted by Crippen LogP contribution is 2.27. The van der Waals surface area contributed by atoms with Crippen LogP contribution in [0.25, 0.3) is 11.4 Å². The Labute approximate surface area is 154 Å². The van der Waals surface area contributed by atoms with Crippen molar-refractivity contribution in [3.05, 3.63) is 30.1 Å². The van der Waals surface area contributed by atoms with Crippen LogP contribution in [0.2, 0.25) is 0 Å². The van der Waals surface area contributed by atoms with Gasteiger partial charge in [0.2, 0.25) is 5.91 Å². The lowest BCUT2D eigenvalue weighted by Gasteiger charge is -2.25. The highest BCUT2D eigenvalue weighted by Gasteiger charge is 2.25. The van der Waals surface area contributed by atoms with Crippen molar-refractivity contribution in [2.75, 3.05) is 5.32 Å². The molecule has 1 aliphatic carbocycles. The predicted octanol–water partition coefficient (Wildman–Crippen LogP) is 3.13. The SMILES string of the molecule is NC1CCCC(C(=O)Nc2cccc(-c3nnc4n3CCCCC4)c2)C1. The number of nitrogens with two attached hydrogens (primary N) is 1. The predicted molar refractivity (Wildman–Crippen MR) is 102 cm³/mol.